The van der Waals surface area contributed by atoms with Gasteiger partial charge in [0, 0.05) is 39.1 Å². The lowest BCUT2D eigenvalue weighted by atomic mass is 10.2. The highest BCUT2D eigenvalue weighted by molar-refractivity contribution is 8.26. The lowest BCUT2D eigenvalue weighted by Crippen LogP contribution is -2.51. The van der Waals surface area contributed by atoms with Crippen LogP contribution in [0.1, 0.15) is 18.9 Å². The standard InChI is InChI=1S/C22H25N3O4S2/c1-2-29-21(28)24-15-13-23(14-16-24)19(26)11-12-25-20(27)18(31-22(25)30)10-6-9-17-7-4-3-5-8-17/h3-10H,2,11-16H2,1H3/b9-6+,18-10+. The summed E-state index contributed by atoms with van der Waals surface area (Å²) in [6.45, 7) is 4.16. The Hall–Kier alpha value is -2.65. The van der Waals surface area contributed by atoms with Crippen molar-refractivity contribution in [3.63, 3.8) is 0 Å². The molecule has 0 spiro atoms. The van der Waals surface area contributed by atoms with Crippen LogP contribution in [0.5, 0.6) is 0 Å². The maximum absolute atomic E-state index is 12.7. The van der Waals surface area contributed by atoms with Gasteiger partial charge in [0.1, 0.15) is 4.32 Å². The summed E-state index contributed by atoms with van der Waals surface area (Å²) in [5.41, 5.74) is 1.04. The first kappa shape index (κ1) is 23.0. The van der Waals surface area contributed by atoms with Crippen LogP contribution in [-0.4, -0.2) is 76.3 Å². The number of piperazine rings is 1. The zero-order valence-electron chi connectivity index (χ0n) is 17.4. The minimum atomic E-state index is -0.347. The molecule has 0 unspecified atom stereocenters. The average molecular weight is 460 g/mol. The van der Waals surface area contributed by atoms with E-state index in [0.29, 0.717) is 42.0 Å². The van der Waals surface area contributed by atoms with Crippen LogP contribution in [-0.2, 0) is 14.3 Å². The molecule has 1 aromatic rings. The third-order valence-electron chi connectivity index (χ3n) is 4.92. The van der Waals surface area contributed by atoms with Crippen LogP contribution in [0, 0.1) is 0 Å². The van der Waals surface area contributed by atoms with E-state index in [1.54, 1.807) is 22.8 Å². The lowest BCUT2D eigenvalue weighted by Gasteiger charge is -2.34. The van der Waals surface area contributed by atoms with E-state index in [1.165, 1.54) is 16.7 Å². The van der Waals surface area contributed by atoms with Crippen molar-refractivity contribution in [1.29, 1.82) is 0 Å². The minimum absolute atomic E-state index is 0.0505. The van der Waals surface area contributed by atoms with E-state index in [2.05, 4.69) is 0 Å². The molecule has 3 amide bonds. The Morgan fingerprint density at radius 1 is 1.13 bits per heavy atom. The number of hydrogen-bond donors (Lipinski definition) is 0. The number of thioether (sulfide) groups is 1. The molecule has 2 aliphatic rings. The van der Waals surface area contributed by atoms with Crippen LogP contribution in [0.15, 0.2) is 47.4 Å². The minimum Gasteiger partial charge on any atom is -0.450 e. The third-order valence-corrected chi connectivity index (χ3v) is 6.31. The number of amides is 3. The molecule has 2 aliphatic heterocycles. The van der Waals surface area contributed by atoms with Crippen molar-refractivity contribution in [2.24, 2.45) is 0 Å². The van der Waals surface area contributed by atoms with Gasteiger partial charge in [-0.05, 0) is 18.6 Å². The Morgan fingerprint density at radius 3 is 2.48 bits per heavy atom. The molecule has 2 saturated heterocycles. The Balaban J connectivity index is 1.48. The summed E-state index contributed by atoms with van der Waals surface area (Å²) < 4.78 is 5.45. The summed E-state index contributed by atoms with van der Waals surface area (Å²) >= 11 is 6.58. The third kappa shape index (κ3) is 6.18. The molecule has 2 heterocycles. The van der Waals surface area contributed by atoms with E-state index in [0.717, 1.165) is 5.56 Å². The van der Waals surface area contributed by atoms with Gasteiger partial charge in [-0.1, -0.05) is 66.5 Å². The van der Waals surface area contributed by atoms with E-state index >= 15 is 0 Å². The zero-order valence-corrected chi connectivity index (χ0v) is 19.0. The van der Waals surface area contributed by atoms with Gasteiger partial charge in [-0.3, -0.25) is 14.5 Å². The molecular weight excluding hydrogens is 434 g/mol. The van der Waals surface area contributed by atoms with Crippen molar-refractivity contribution in [3.8, 4) is 0 Å². The second-order valence-corrected chi connectivity index (χ2v) is 8.62. The van der Waals surface area contributed by atoms with Crippen LogP contribution in [0.4, 0.5) is 4.79 Å². The van der Waals surface area contributed by atoms with E-state index in [4.69, 9.17) is 17.0 Å². The van der Waals surface area contributed by atoms with Crippen molar-refractivity contribution < 1.29 is 19.1 Å². The quantitative estimate of drug-likeness (QED) is 0.481. The van der Waals surface area contributed by atoms with Crippen LogP contribution in [0.25, 0.3) is 6.08 Å². The van der Waals surface area contributed by atoms with Gasteiger partial charge >= 0.3 is 6.09 Å². The molecule has 0 atom stereocenters. The maximum Gasteiger partial charge on any atom is 0.409 e. The Bertz CT molecular complexity index is 893. The Morgan fingerprint density at radius 2 is 1.81 bits per heavy atom. The molecule has 0 aromatic heterocycles. The predicted octanol–water partition coefficient (Wildman–Crippen LogP) is 3.13. The van der Waals surface area contributed by atoms with E-state index in [9.17, 15) is 14.4 Å². The first-order chi connectivity index (χ1) is 15.0. The molecule has 0 radical (unpaired) electrons. The SMILES string of the molecule is CCOC(=O)N1CCN(C(=O)CCN2C(=O)/C(=C\C=C\c3ccccc3)SC2=S)CC1. The monoisotopic (exact) mass is 459 g/mol. The highest BCUT2D eigenvalue weighted by Crippen LogP contribution is 2.31. The van der Waals surface area contributed by atoms with Crippen molar-refractivity contribution >= 4 is 52.3 Å². The molecule has 0 N–H and O–H groups in total. The van der Waals surface area contributed by atoms with Gasteiger partial charge in [0.25, 0.3) is 5.91 Å². The maximum atomic E-state index is 12.7. The van der Waals surface area contributed by atoms with Crippen LogP contribution < -0.4 is 0 Å². The summed E-state index contributed by atoms with van der Waals surface area (Å²) in [6, 6.07) is 9.81. The number of carbonyl (C=O) groups excluding carboxylic acids is 3. The summed E-state index contributed by atoms with van der Waals surface area (Å²) in [5, 5.41) is 0. The number of hydrogen-bond acceptors (Lipinski definition) is 6. The van der Waals surface area contributed by atoms with Gasteiger partial charge in [0.2, 0.25) is 5.91 Å². The molecule has 31 heavy (non-hydrogen) atoms. The molecule has 1 aromatic carbocycles. The number of carbonyl (C=O) groups is 3. The molecule has 7 nitrogen and oxygen atoms in total. The summed E-state index contributed by atoms with van der Waals surface area (Å²) in [7, 11) is 0. The fourth-order valence-corrected chi connectivity index (χ4v) is 4.50. The summed E-state index contributed by atoms with van der Waals surface area (Å²) in [6.07, 6.45) is 5.35. The number of benzene rings is 1. The fraction of sp³-hybridized carbons (Fsp3) is 0.364. The van der Waals surface area contributed by atoms with E-state index in [1.807, 2.05) is 42.5 Å². The van der Waals surface area contributed by atoms with Crippen molar-refractivity contribution in [2.45, 2.75) is 13.3 Å². The Kier molecular flexibility index (Phi) is 8.25. The summed E-state index contributed by atoms with van der Waals surface area (Å²) in [4.78, 5) is 42.3. The average Bonchev–Trinajstić information content (AvgIpc) is 3.05. The van der Waals surface area contributed by atoms with Crippen LogP contribution in [0.3, 0.4) is 0 Å². The van der Waals surface area contributed by atoms with E-state index < -0.39 is 0 Å². The molecule has 0 aliphatic carbocycles. The topological polar surface area (TPSA) is 70.2 Å². The highest BCUT2D eigenvalue weighted by atomic mass is 32.2. The second kappa shape index (κ2) is 11.1. The lowest BCUT2D eigenvalue weighted by molar-refractivity contribution is -0.133. The molecule has 9 heteroatoms. The van der Waals surface area contributed by atoms with E-state index in [-0.39, 0.29) is 30.9 Å². The van der Waals surface area contributed by atoms with Crippen molar-refractivity contribution in [2.75, 3.05) is 39.3 Å². The summed E-state index contributed by atoms with van der Waals surface area (Å²) in [5.74, 6) is -0.224. The van der Waals surface area contributed by atoms with Crippen LogP contribution in [0.2, 0.25) is 0 Å². The normalized spacial score (nSPS) is 18.4. The molecule has 0 bridgehead atoms. The number of ether oxygens (including phenoxy) is 1. The van der Waals surface area contributed by atoms with Gasteiger partial charge < -0.3 is 14.5 Å². The van der Waals surface area contributed by atoms with Gasteiger partial charge in [0.15, 0.2) is 0 Å². The largest absolute Gasteiger partial charge is 0.450 e. The molecule has 164 valence electrons. The molecular formula is C22H25N3O4S2. The fourth-order valence-electron chi connectivity index (χ4n) is 3.24. The number of nitrogens with zero attached hydrogens (tertiary/aromatic N) is 3. The van der Waals surface area contributed by atoms with Crippen molar-refractivity contribution in [3.05, 3.63) is 53.0 Å². The van der Waals surface area contributed by atoms with Crippen molar-refractivity contribution in [1.82, 2.24) is 14.7 Å². The smallest absolute Gasteiger partial charge is 0.409 e. The molecule has 2 fully saturated rings. The highest BCUT2D eigenvalue weighted by Gasteiger charge is 2.32. The molecule has 0 saturated carbocycles. The first-order valence-electron chi connectivity index (χ1n) is 10.2. The number of thiocarbonyl (C=S) groups is 1. The predicted molar refractivity (Wildman–Crippen MR) is 125 cm³/mol. The second-order valence-electron chi connectivity index (χ2n) is 6.94. The Labute approximate surface area is 191 Å². The van der Waals surface area contributed by atoms with Gasteiger partial charge in [-0.25, -0.2) is 4.79 Å². The van der Waals surface area contributed by atoms with Gasteiger partial charge in [0.05, 0.1) is 11.5 Å². The van der Waals surface area contributed by atoms with Crippen LogP contribution >= 0.6 is 24.0 Å². The van der Waals surface area contributed by atoms with Gasteiger partial charge in [-0.2, -0.15) is 0 Å². The first-order valence-corrected chi connectivity index (χ1v) is 11.4. The number of rotatable bonds is 6. The van der Waals surface area contributed by atoms with Gasteiger partial charge in [-0.15, -0.1) is 0 Å². The molecule has 3 rings (SSSR count). The number of allylic oxidation sites excluding steroid dienone is 2. The zero-order chi connectivity index (χ0) is 22.2.